The predicted octanol–water partition coefficient (Wildman–Crippen LogP) is 1.51. The van der Waals surface area contributed by atoms with E-state index in [4.69, 9.17) is 0 Å². The van der Waals surface area contributed by atoms with Crippen molar-refractivity contribution in [1.29, 1.82) is 0 Å². The van der Waals surface area contributed by atoms with Crippen LogP contribution in [0.25, 0.3) is 11.0 Å². The lowest BCUT2D eigenvalue weighted by atomic mass is 10.3. The van der Waals surface area contributed by atoms with Crippen LogP contribution in [0.2, 0.25) is 0 Å². The van der Waals surface area contributed by atoms with E-state index in [1.807, 2.05) is 30.6 Å². The standard InChI is InChI=1S/C12H15N3O/c1-10(16)14(2)7-8-15-9-13-11-5-3-4-6-12(11)15/h3-6,9H,7-8H2,1-2H3. The number of amides is 1. The number of nitrogens with zero attached hydrogens (tertiary/aromatic N) is 3. The molecule has 0 bridgehead atoms. The molecule has 0 aliphatic heterocycles. The van der Waals surface area contributed by atoms with Gasteiger partial charge in [-0.25, -0.2) is 4.98 Å². The van der Waals surface area contributed by atoms with Gasteiger partial charge in [0.25, 0.3) is 0 Å². The smallest absolute Gasteiger partial charge is 0.219 e. The van der Waals surface area contributed by atoms with Gasteiger partial charge in [-0.2, -0.15) is 0 Å². The first kappa shape index (κ1) is 10.7. The third-order valence-electron chi connectivity index (χ3n) is 2.74. The number of fused-ring (bicyclic) bond motifs is 1. The maximum Gasteiger partial charge on any atom is 0.219 e. The molecule has 0 radical (unpaired) electrons. The Labute approximate surface area is 94.5 Å². The molecule has 4 heteroatoms. The summed E-state index contributed by atoms with van der Waals surface area (Å²) in [7, 11) is 1.81. The van der Waals surface area contributed by atoms with Crippen LogP contribution in [-0.2, 0) is 11.3 Å². The summed E-state index contributed by atoms with van der Waals surface area (Å²) >= 11 is 0. The van der Waals surface area contributed by atoms with E-state index >= 15 is 0 Å². The zero-order valence-corrected chi connectivity index (χ0v) is 9.55. The topological polar surface area (TPSA) is 38.1 Å². The minimum atomic E-state index is 0.0874. The van der Waals surface area contributed by atoms with Crippen molar-refractivity contribution in [2.45, 2.75) is 13.5 Å². The van der Waals surface area contributed by atoms with E-state index in [2.05, 4.69) is 9.55 Å². The van der Waals surface area contributed by atoms with Gasteiger partial charge in [0.05, 0.1) is 17.4 Å². The van der Waals surface area contributed by atoms with Gasteiger partial charge in [0.15, 0.2) is 0 Å². The summed E-state index contributed by atoms with van der Waals surface area (Å²) in [5.74, 6) is 0.0874. The van der Waals surface area contributed by atoms with E-state index < -0.39 is 0 Å². The largest absolute Gasteiger partial charge is 0.344 e. The fourth-order valence-corrected chi connectivity index (χ4v) is 1.60. The van der Waals surface area contributed by atoms with Crippen LogP contribution in [0, 0.1) is 0 Å². The highest BCUT2D eigenvalue weighted by atomic mass is 16.2. The second-order valence-electron chi connectivity index (χ2n) is 3.87. The second kappa shape index (κ2) is 4.35. The lowest BCUT2D eigenvalue weighted by molar-refractivity contribution is -0.127. The molecule has 0 atom stereocenters. The summed E-state index contributed by atoms with van der Waals surface area (Å²) in [4.78, 5) is 17.1. The molecule has 1 heterocycles. The second-order valence-corrected chi connectivity index (χ2v) is 3.87. The predicted molar refractivity (Wildman–Crippen MR) is 63.0 cm³/mol. The average molecular weight is 217 g/mol. The van der Waals surface area contributed by atoms with E-state index in [9.17, 15) is 4.79 Å². The molecule has 1 amide bonds. The molecule has 84 valence electrons. The quantitative estimate of drug-likeness (QED) is 0.781. The van der Waals surface area contributed by atoms with Gasteiger partial charge < -0.3 is 9.47 Å². The minimum absolute atomic E-state index is 0.0874. The van der Waals surface area contributed by atoms with Gasteiger partial charge in [0.2, 0.25) is 5.91 Å². The lowest BCUT2D eigenvalue weighted by Crippen LogP contribution is -2.27. The van der Waals surface area contributed by atoms with E-state index in [0.717, 1.165) is 17.6 Å². The number of imidazole rings is 1. The molecule has 0 saturated heterocycles. The normalized spacial score (nSPS) is 10.6. The number of carbonyl (C=O) groups excluding carboxylic acids is 1. The number of hydrogen-bond donors (Lipinski definition) is 0. The molecule has 2 aromatic rings. The first-order valence-corrected chi connectivity index (χ1v) is 5.30. The van der Waals surface area contributed by atoms with Crippen molar-refractivity contribution in [2.24, 2.45) is 0 Å². The highest BCUT2D eigenvalue weighted by molar-refractivity contribution is 5.75. The van der Waals surface area contributed by atoms with Gasteiger partial charge in [-0.1, -0.05) is 12.1 Å². The molecule has 16 heavy (non-hydrogen) atoms. The fraction of sp³-hybridized carbons (Fsp3) is 0.333. The zero-order valence-electron chi connectivity index (χ0n) is 9.55. The Bertz CT molecular complexity index is 504. The van der Waals surface area contributed by atoms with Gasteiger partial charge in [-0.05, 0) is 12.1 Å². The number of rotatable bonds is 3. The number of aromatic nitrogens is 2. The van der Waals surface area contributed by atoms with Gasteiger partial charge >= 0.3 is 0 Å². The molecule has 0 saturated carbocycles. The Hall–Kier alpha value is -1.84. The van der Waals surface area contributed by atoms with Crippen molar-refractivity contribution < 1.29 is 4.79 Å². The Morgan fingerprint density at radius 3 is 2.94 bits per heavy atom. The third-order valence-corrected chi connectivity index (χ3v) is 2.74. The highest BCUT2D eigenvalue weighted by Gasteiger charge is 2.04. The van der Waals surface area contributed by atoms with Crippen LogP contribution < -0.4 is 0 Å². The molecular formula is C12H15N3O. The molecule has 0 aliphatic rings. The van der Waals surface area contributed by atoms with Crippen LogP contribution in [-0.4, -0.2) is 34.0 Å². The Balaban J connectivity index is 2.13. The Morgan fingerprint density at radius 2 is 2.19 bits per heavy atom. The molecule has 0 spiro atoms. The van der Waals surface area contributed by atoms with Gasteiger partial charge in [0.1, 0.15) is 0 Å². The first-order valence-electron chi connectivity index (χ1n) is 5.30. The number of hydrogen-bond acceptors (Lipinski definition) is 2. The molecule has 0 unspecified atom stereocenters. The summed E-state index contributed by atoms with van der Waals surface area (Å²) < 4.78 is 2.06. The number of carbonyl (C=O) groups is 1. The molecule has 4 nitrogen and oxygen atoms in total. The molecule has 0 fully saturated rings. The van der Waals surface area contributed by atoms with E-state index in [-0.39, 0.29) is 5.91 Å². The molecule has 1 aromatic heterocycles. The van der Waals surface area contributed by atoms with Crippen LogP contribution in [0.1, 0.15) is 6.92 Å². The molecule has 1 aromatic carbocycles. The molecular weight excluding hydrogens is 202 g/mol. The minimum Gasteiger partial charge on any atom is -0.344 e. The van der Waals surface area contributed by atoms with Crippen molar-refractivity contribution in [2.75, 3.05) is 13.6 Å². The molecule has 2 rings (SSSR count). The van der Waals surface area contributed by atoms with E-state index in [1.165, 1.54) is 0 Å². The summed E-state index contributed by atoms with van der Waals surface area (Å²) in [6, 6.07) is 7.99. The van der Waals surface area contributed by atoms with Crippen LogP contribution in [0.15, 0.2) is 30.6 Å². The average Bonchev–Trinajstić information content (AvgIpc) is 2.69. The highest BCUT2D eigenvalue weighted by Crippen LogP contribution is 2.11. The van der Waals surface area contributed by atoms with Crippen molar-refractivity contribution in [3.05, 3.63) is 30.6 Å². The van der Waals surface area contributed by atoms with Crippen LogP contribution in [0.5, 0.6) is 0 Å². The SMILES string of the molecule is CC(=O)N(C)CCn1cnc2ccccc21. The van der Waals surface area contributed by atoms with Crippen molar-refractivity contribution in [1.82, 2.24) is 14.5 Å². The lowest BCUT2D eigenvalue weighted by Gasteiger charge is -2.15. The Kier molecular flexibility index (Phi) is 2.90. The zero-order chi connectivity index (χ0) is 11.5. The number of para-hydroxylation sites is 2. The van der Waals surface area contributed by atoms with Crippen molar-refractivity contribution in [3.8, 4) is 0 Å². The maximum absolute atomic E-state index is 11.1. The fourth-order valence-electron chi connectivity index (χ4n) is 1.60. The number of likely N-dealkylation sites (N-methyl/N-ethyl adjacent to an activating group) is 1. The Morgan fingerprint density at radius 1 is 1.44 bits per heavy atom. The van der Waals surface area contributed by atoms with Gasteiger partial charge in [-0.3, -0.25) is 4.79 Å². The van der Waals surface area contributed by atoms with Crippen LogP contribution >= 0.6 is 0 Å². The molecule has 0 aliphatic carbocycles. The van der Waals surface area contributed by atoms with Crippen molar-refractivity contribution in [3.63, 3.8) is 0 Å². The van der Waals surface area contributed by atoms with E-state index in [0.29, 0.717) is 6.54 Å². The van der Waals surface area contributed by atoms with Gasteiger partial charge in [-0.15, -0.1) is 0 Å². The van der Waals surface area contributed by atoms with Crippen LogP contribution in [0.4, 0.5) is 0 Å². The summed E-state index contributed by atoms with van der Waals surface area (Å²) in [6.45, 7) is 3.05. The summed E-state index contributed by atoms with van der Waals surface area (Å²) in [6.07, 6.45) is 1.82. The summed E-state index contributed by atoms with van der Waals surface area (Å²) in [5, 5.41) is 0. The van der Waals surface area contributed by atoms with Crippen molar-refractivity contribution >= 4 is 16.9 Å². The monoisotopic (exact) mass is 217 g/mol. The first-order chi connectivity index (χ1) is 7.68. The van der Waals surface area contributed by atoms with E-state index in [1.54, 1.807) is 18.9 Å². The molecule has 0 N–H and O–H groups in total. The third kappa shape index (κ3) is 2.05. The maximum atomic E-state index is 11.1. The summed E-state index contributed by atoms with van der Waals surface area (Å²) in [5.41, 5.74) is 2.10. The number of benzene rings is 1. The van der Waals surface area contributed by atoms with Gasteiger partial charge in [0, 0.05) is 27.1 Å². The van der Waals surface area contributed by atoms with Crippen LogP contribution in [0.3, 0.4) is 0 Å².